The van der Waals surface area contributed by atoms with Crippen LogP contribution in [0.3, 0.4) is 0 Å². The molecule has 0 radical (unpaired) electrons. The molecule has 0 saturated carbocycles. The highest BCUT2D eigenvalue weighted by Crippen LogP contribution is 2.13. The van der Waals surface area contributed by atoms with Crippen LogP contribution in [0.15, 0.2) is 24.5 Å². The Morgan fingerprint density at radius 3 is 2.90 bits per heavy atom. The van der Waals surface area contributed by atoms with Gasteiger partial charge in [0, 0.05) is 52.3 Å². The van der Waals surface area contributed by atoms with Crippen LogP contribution in [0.2, 0.25) is 0 Å². The summed E-state index contributed by atoms with van der Waals surface area (Å²) in [4.78, 5) is 19.6. The lowest BCUT2D eigenvalue weighted by Crippen LogP contribution is -2.24. The standard InChI is InChI=1S/C14H20N6O/c1-19(2)14-11(5-4-8-15-14)9-16-13(21)7-6-12-10-17-20(3)18-12/h4-5,8,10H,6-7,9H2,1-3H3,(H,16,21). The fourth-order valence-electron chi connectivity index (χ4n) is 2.00. The van der Waals surface area contributed by atoms with Crippen molar-refractivity contribution in [3.05, 3.63) is 35.8 Å². The van der Waals surface area contributed by atoms with Gasteiger partial charge in [0.1, 0.15) is 5.82 Å². The zero-order valence-electron chi connectivity index (χ0n) is 12.6. The van der Waals surface area contributed by atoms with Crippen LogP contribution in [-0.2, 0) is 24.8 Å². The summed E-state index contributed by atoms with van der Waals surface area (Å²) in [5.41, 5.74) is 1.82. The SMILES string of the molecule is CN(C)c1ncccc1CNC(=O)CCc1cnn(C)n1. The van der Waals surface area contributed by atoms with Crippen molar-refractivity contribution in [1.29, 1.82) is 0 Å². The van der Waals surface area contributed by atoms with Crippen molar-refractivity contribution in [1.82, 2.24) is 25.3 Å². The molecule has 2 aromatic rings. The molecule has 0 aromatic carbocycles. The van der Waals surface area contributed by atoms with E-state index in [0.29, 0.717) is 19.4 Å². The molecule has 0 atom stereocenters. The van der Waals surface area contributed by atoms with E-state index in [4.69, 9.17) is 0 Å². The number of anilines is 1. The summed E-state index contributed by atoms with van der Waals surface area (Å²) >= 11 is 0. The second-order valence-electron chi connectivity index (χ2n) is 4.98. The molecule has 112 valence electrons. The number of carbonyl (C=O) groups is 1. The summed E-state index contributed by atoms with van der Waals surface area (Å²) in [6.45, 7) is 0.473. The molecule has 0 aliphatic carbocycles. The van der Waals surface area contributed by atoms with Crippen LogP contribution in [-0.4, -0.2) is 40.0 Å². The summed E-state index contributed by atoms with van der Waals surface area (Å²) in [6, 6.07) is 3.83. The van der Waals surface area contributed by atoms with Crippen LogP contribution in [0.25, 0.3) is 0 Å². The third-order valence-electron chi connectivity index (χ3n) is 3.02. The van der Waals surface area contributed by atoms with Gasteiger partial charge in [-0.1, -0.05) is 6.07 Å². The highest BCUT2D eigenvalue weighted by Gasteiger charge is 2.08. The van der Waals surface area contributed by atoms with Gasteiger partial charge in [-0.25, -0.2) is 4.98 Å². The minimum absolute atomic E-state index is 0.00536. The van der Waals surface area contributed by atoms with Gasteiger partial charge in [-0.2, -0.15) is 15.0 Å². The Bertz CT molecular complexity index is 607. The summed E-state index contributed by atoms with van der Waals surface area (Å²) in [7, 11) is 5.62. The Morgan fingerprint density at radius 2 is 2.24 bits per heavy atom. The van der Waals surface area contributed by atoms with E-state index in [1.54, 1.807) is 19.4 Å². The lowest BCUT2D eigenvalue weighted by molar-refractivity contribution is -0.121. The maximum absolute atomic E-state index is 11.9. The van der Waals surface area contributed by atoms with Crippen LogP contribution in [0.4, 0.5) is 5.82 Å². The number of nitrogens with zero attached hydrogens (tertiary/aromatic N) is 5. The Hall–Kier alpha value is -2.44. The smallest absolute Gasteiger partial charge is 0.220 e. The van der Waals surface area contributed by atoms with Crippen LogP contribution >= 0.6 is 0 Å². The first kappa shape index (κ1) is 15.0. The first-order valence-electron chi connectivity index (χ1n) is 6.79. The fraction of sp³-hybridized carbons (Fsp3) is 0.429. The third-order valence-corrected chi connectivity index (χ3v) is 3.02. The van der Waals surface area contributed by atoms with Crippen LogP contribution in [0.5, 0.6) is 0 Å². The van der Waals surface area contributed by atoms with Crippen molar-refractivity contribution in [3.63, 3.8) is 0 Å². The monoisotopic (exact) mass is 288 g/mol. The maximum atomic E-state index is 11.9. The maximum Gasteiger partial charge on any atom is 0.220 e. The normalized spacial score (nSPS) is 10.4. The molecule has 0 unspecified atom stereocenters. The number of hydrogen-bond donors (Lipinski definition) is 1. The number of amides is 1. The van der Waals surface area contributed by atoms with Crippen molar-refractivity contribution in [2.45, 2.75) is 19.4 Å². The quantitative estimate of drug-likeness (QED) is 0.839. The zero-order valence-corrected chi connectivity index (χ0v) is 12.6. The van der Waals surface area contributed by atoms with Gasteiger partial charge in [-0.15, -0.1) is 0 Å². The largest absolute Gasteiger partial charge is 0.362 e. The molecule has 7 nitrogen and oxygen atoms in total. The van der Waals surface area contributed by atoms with Gasteiger partial charge < -0.3 is 10.2 Å². The van der Waals surface area contributed by atoms with Gasteiger partial charge in [0.2, 0.25) is 5.91 Å². The van der Waals surface area contributed by atoms with Crippen LogP contribution in [0, 0.1) is 0 Å². The number of nitrogens with one attached hydrogen (secondary N) is 1. The second-order valence-corrected chi connectivity index (χ2v) is 4.98. The van der Waals surface area contributed by atoms with Gasteiger partial charge >= 0.3 is 0 Å². The lowest BCUT2D eigenvalue weighted by Gasteiger charge is -2.16. The number of pyridine rings is 1. The first-order valence-corrected chi connectivity index (χ1v) is 6.79. The van der Waals surface area contributed by atoms with Gasteiger partial charge in [0.25, 0.3) is 0 Å². The summed E-state index contributed by atoms with van der Waals surface area (Å²) in [6.07, 6.45) is 4.41. The second kappa shape index (κ2) is 6.83. The third kappa shape index (κ3) is 4.27. The Labute approximate surface area is 124 Å². The van der Waals surface area contributed by atoms with E-state index >= 15 is 0 Å². The first-order chi connectivity index (χ1) is 10.1. The predicted octanol–water partition coefficient (Wildman–Crippen LogP) is 0.525. The topological polar surface area (TPSA) is 75.9 Å². The number of aryl methyl sites for hydroxylation is 2. The molecule has 2 heterocycles. The number of carbonyl (C=O) groups excluding carboxylic acids is 1. The van der Waals surface area contributed by atoms with E-state index in [0.717, 1.165) is 17.1 Å². The van der Waals surface area contributed by atoms with Crippen molar-refractivity contribution in [2.24, 2.45) is 7.05 Å². The Kier molecular flexibility index (Phi) is 4.86. The molecule has 0 saturated heterocycles. The molecule has 7 heteroatoms. The molecular formula is C14H20N6O. The Morgan fingerprint density at radius 1 is 1.43 bits per heavy atom. The van der Waals surface area contributed by atoms with E-state index < -0.39 is 0 Å². The molecule has 2 aromatic heterocycles. The van der Waals surface area contributed by atoms with E-state index in [2.05, 4.69) is 20.5 Å². The van der Waals surface area contributed by atoms with Crippen molar-refractivity contribution in [3.8, 4) is 0 Å². The molecule has 0 fully saturated rings. The average molecular weight is 288 g/mol. The van der Waals surface area contributed by atoms with E-state index in [9.17, 15) is 4.79 Å². The van der Waals surface area contributed by atoms with Crippen molar-refractivity contribution in [2.75, 3.05) is 19.0 Å². The molecule has 2 rings (SSSR count). The molecule has 21 heavy (non-hydrogen) atoms. The summed E-state index contributed by atoms with van der Waals surface area (Å²) < 4.78 is 0. The molecule has 0 aliphatic rings. The average Bonchev–Trinajstić information content (AvgIpc) is 2.88. The van der Waals surface area contributed by atoms with Crippen LogP contribution < -0.4 is 10.2 Å². The molecule has 0 spiro atoms. The van der Waals surface area contributed by atoms with E-state index in [1.807, 2.05) is 31.1 Å². The molecule has 0 aliphatic heterocycles. The summed E-state index contributed by atoms with van der Waals surface area (Å²) in [5, 5.41) is 11.0. The predicted molar refractivity (Wildman–Crippen MR) is 79.7 cm³/mol. The molecule has 1 amide bonds. The van der Waals surface area contributed by atoms with E-state index in [-0.39, 0.29) is 5.91 Å². The number of aromatic nitrogens is 4. The highest BCUT2D eigenvalue weighted by atomic mass is 16.1. The molecule has 0 bridgehead atoms. The van der Waals surface area contributed by atoms with Crippen molar-refractivity contribution >= 4 is 11.7 Å². The summed E-state index contributed by atoms with van der Waals surface area (Å²) in [5.74, 6) is 0.862. The Balaban J connectivity index is 1.84. The van der Waals surface area contributed by atoms with Crippen LogP contribution in [0.1, 0.15) is 17.7 Å². The number of rotatable bonds is 6. The van der Waals surface area contributed by atoms with Gasteiger partial charge in [-0.3, -0.25) is 4.79 Å². The number of hydrogen-bond acceptors (Lipinski definition) is 5. The minimum atomic E-state index is -0.00536. The fourth-order valence-corrected chi connectivity index (χ4v) is 2.00. The zero-order chi connectivity index (χ0) is 15.2. The molecular weight excluding hydrogens is 268 g/mol. The highest BCUT2D eigenvalue weighted by molar-refractivity contribution is 5.76. The molecule has 1 N–H and O–H groups in total. The lowest BCUT2D eigenvalue weighted by atomic mass is 10.2. The van der Waals surface area contributed by atoms with Gasteiger partial charge in [-0.05, 0) is 6.07 Å². The van der Waals surface area contributed by atoms with Crippen molar-refractivity contribution < 1.29 is 4.79 Å². The van der Waals surface area contributed by atoms with Gasteiger partial charge in [0.05, 0.1) is 11.9 Å². The van der Waals surface area contributed by atoms with Gasteiger partial charge in [0.15, 0.2) is 0 Å². The van der Waals surface area contributed by atoms with E-state index in [1.165, 1.54) is 4.80 Å². The minimum Gasteiger partial charge on any atom is -0.362 e.